The molecule has 4 N–H and O–H groups in total. The summed E-state index contributed by atoms with van der Waals surface area (Å²) >= 11 is 1.24. The zero-order valence-corrected chi connectivity index (χ0v) is 19.2. The van der Waals surface area contributed by atoms with Crippen molar-refractivity contribution in [3.63, 3.8) is 0 Å². The van der Waals surface area contributed by atoms with Crippen LogP contribution in [0.25, 0.3) is 10.9 Å². The molecule has 1 aliphatic heterocycles. The predicted octanol–water partition coefficient (Wildman–Crippen LogP) is 2.09. The molecule has 0 atom stereocenters. The largest absolute Gasteiger partial charge is 0.361 e. The molecule has 0 aliphatic carbocycles. The average molecular weight is 471 g/mol. The monoisotopic (exact) mass is 470 g/mol. The van der Waals surface area contributed by atoms with Gasteiger partial charge in [0.1, 0.15) is 11.4 Å². The lowest BCUT2D eigenvalue weighted by atomic mass is 9.87. The fraction of sp³-hybridized carbons (Fsp3) is 0.391. The van der Waals surface area contributed by atoms with Gasteiger partial charge in [0.15, 0.2) is 5.16 Å². The second-order valence-corrected chi connectivity index (χ2v) is 9.10. The molecule has 1 aromatic carbocycles. The summed E-state index contributed by atoms with van der Waals surface area (Å²) in [5, 5.41) is 10.5. The highest BCUT2D eigenvalue weighted by molar-refractivity contribution is 7.99. The molecule has 0 spiro atoms. The molecular formula is C23H27FN6O2S. The van der Waals surface area contributed by atoms with Crippen LogP contribution >= 0.6 is 11.8 Å². The maximum absolute atomic E-state index is 13.6. The first-order valence-electron chi connectivity index (χ1n) is 10.9. The normalized spacial score (nSPS) is 15.3. The molecular weight excluding hydrogens is 443 g/mol. The van der Waals surface area contributed by atoms with Gasteiger partial charge in [-0.2, -0.15) is 0 Å². The highest BCUT2D eigenvalue weighted by atomic mass is 32.2. The van der Waals surface area contributed by atoms with Crippen LogP contribution in [0.1, 0.15) is 24.1 Å². The lowest BCUT2D eigenvalue weighted by Gasteiger charge is -2.37. The maximum Gasteiger partial charge on any atom is 0.245 e. The number of amides is 2. The number of aryl methyl sites for hydroxylation is 1. The molecule has 1 saturated heterocycles. The molecule has 4 rings (SSSR count). The van der Waals surface area contributed by atoms with Gasteiger partial charge in [0.05, 0.1) is 5.75 Å². The maximum atomic E-state index is 13.6. The number of benzene rings is 1. The van der Waals surface area contributed by atoms with E-state index in [-0.39, 0.29) is 23.4 Å². The number of aromatic nitrogens is 3. The Morgan fingerprint density at radius 1 is 1.24 bits per heavy atom. The van der Waals surface area contributed by atoms with Crippen molar-refractivity contribution in [1.29, 1.82) is 0 Å². The molecule has 0 unspecified atom stereocenters. The summed E-state index contributed by atoms with van der Waals surface area (Å²) < 4.78 is 13.6. The van der Waals surface area contributed by atoms with Crippen molar-refractivity contribution >= 4 is 34.5 Å². The van der Waals surface area contributed by atoms with E-state index >= 15 is 0 Å². The van der Waals surface area contributed by atoms with Gasteiger partial charge in [0.25, 0.3) is 0 Å². The number of aromatic amines is 1. The minimum atomic E-state index is -0.956. The van der Waals surface area contributed by atoms with E-state index in [1.807, 2.05) is 13.1 Å². The molecule has 2 amide bonds. The Kier molecular flexibility index (Phi) is 7.24. The first kappa shape index (κ1) is 23.2. The van der Waals surface area contributed by atoms with Gasteiger partial charge in [-0.1, -0.05) is 11.8 Å². The van der Waals surface area contributed by atoms with Crippen molar-refractivity contribution in [3.05, 3.63) is 53.7 Å². The lowest BCUT2D eigenvalue weighted by molar-refractivity contribution is -0.133. The van der Waals surface area contributed by atoms with E-state index in [2.05, 4.69) is 30.9 Å². The van der Waals surface area contributed by atoms with Crippen LogP contribution in [0, 0.1) is 12.7 Å². The first-order chi connectivity index (χ1) is 15.9. The molecule has 0 bridgehead atoms. The number of hydrogen-bond acceptors (Lipinski definition) is 6. The molecule has 8 nitrogen and oxygen atoms in total. The fourth-order valence-corrected chi connectivity index (χ4v) is 4.70. The highest BCUT2D eigenvalue weighted by Gasteiger charge is 2.40. The van der Waals surface area contributed by atoms with Crippen LogP contribution in [0.2, 0.25) is 0 Å². The minimum Gasteiger partial charge on any atom is -0.361 e. The fourth-order valence-electron chi connectivity index (χ4n) is 4.03. The number of thioether (sulfide) groups is 1. The Hall–Kier alpha value is -2.98. The number of nitrogens with zero attached hydrogens (tertiary/aromatic N) is 2. The second-order valence-electron chi connectivity index (χ2n) is 8.16. The third-order valence-corrected chi connectivity index (χ3v) is 6.65. The number of hydrogen-bond donors (Lipinski definition) is 4. The molecule has 0 saturated carbocycles. The molecule has 3 heterocycles. The van der Waals surface area contributed by atoms with Crippen LogP contribution in [0.5, 0.6) is 0 Å². The van der Waals surface area contributed by atoms with Crippen LogP contribution in [0.15, 0.2) is 41.8 Å². The second kappa shape index (κ2) is 10.3. The summed E-state index contributed by atoms with van der Waals surface area (Å²) in [5.74, 6) is -0.584. The van der Waals surface area contributed by atoms with Gasteiger partial charge < -0.3 is 20.9 Å². The van der Waals surface area contributed by atoms with Gasteiger partial charge in [-0.3, -0.25) is 9.59 Å². The summed E-state index contributed by atoms with van der Waals surface area (Å²) in [6, 6.07) is 6.40. The van der Waals surface area contributed by atoms with E-state index in [9.17, 15) is 14.0 Å². The Labute approximate surface area is 195 Å². The number of nitrogens with one attached hydrogen (secondary N) is 4. The summed E-state index contributed by atoms with van der Waals surface area (Å²) in [7, 11) is 0. The molecule has 0 radical (unpaired) electrons. The van der Waals surface area contributed by atoms with Crippen LogP contribution in [-0.4, -0.2) is 57.7 Å². The van der Waals surface area contributed by atoms with E-state index in [1.165, 1.54) is 23.9 Å². The molecule has 10 heteroatoms. The van der Waals surface area contributed by atoms with E-state index in [1.54, 1.807) is 18.3 Å². The van der Waals surface area contributed by atoms with Gasteiger partial charge in [-0.15, -0.1) is 0 Å². The number of halogens is 1. The van der Waals surface area contributed by atoms with Crippen molar-refractivity contribution in [2.24, 2.45) is 0 Å². The molecule has 174 valence electrons. The number of rotatable bonds is 8. The predicted molar refractivity (Wildman–Crippen MR) is 125 cm³/mol. The van der Waals surface area contributed by atoms with Crippen molar-refractivity contribution in [2.75, 3.05) is 25.4 Å². The summed E-state index contributed by atoms with van der Waals surface area (Å²) in [4.78, 5) is 37.4. The zero-order valence-electron chi connectivity index (χ0n) is 18.4. The van der Waals surface area contributed by atoms with Gasteiger partial charge in [-0.05, 0) is 69.1 Å². The van der Waals surface area contributed by atoms with E-state index in [4.69, 9.17) is 0 Å². The Bertz CT molecular complexity index is 1140. The number of H-pyrrole nitrogens is 1. The van der Waals surface area contributed by atoms with Gasteiger partial charge in [-0.25, -0.2) is 14.4 Å². The van der Waals surface area contributed by atoms with Crippen molar-refractivity contribution in [1.82, 2.24) is 30.9 Å². The van der Waals surface area contributed by atoms with Crippen molar-refractivity contribution in [3.8, 4) is 0 Å². The van der Waals surface area contributed by atoms with Crippen LogP contribution < -0.4 is 16.0 Å². The van der Waals surface area contributed by atoms with Crippen LogP contribution in [0.3, 0.4) is 0 Å². The topological polar surface area (TPSA) is 112 Å². The van der Waals surface area contributed by atoms with E-state index in [0.29, 0.717) is 44.1 Å². The Balaban J connectivity index is 1.35. The third kappa shape index (κ3) is 5.69. The van der Waals surface area contributed by atoms with Gasteiger partial charge in [0, 0.05) is 35.5 Å². The smallest absolute Gasteiger partial charge is 0.245 e. The number of carbonyl (C=O) groups is 2. The van der Waals surface area contributed by atoms with Crippen molar-refractivity contribution < 1.29 is 14.0 Å². The number of fused-ring (bicyclic) bond motifs is 1. The van der Waals surface area contributed by atoms with Gasteiger partial charge >= 0.3 is 0 Å². The molecule has 1 fully saturated rings. The zero-order chi connectivity index (χ0) is 23.3. The van der Waals surface area contributed by atoms with E-state index < -0.39 is 5.54 Å². The molecule has 33 heavy (non-hydrogen) atoms. The standard InChI is InChI=1S/C23H27FN6O2S/c1-15-4-8-27-22(29-15)33-14-20(31)30-23(6-10-25-11-7-23)21(32)26-9-5-16-13-28-19-3-2-17(24)12-18(16)19/h2-4,8,12-13,25,28H,5-7,9-11,14H2,1H3,(H,26,32)(H,30,31). The summed E-state index contributed by atoms with van der Waals surface area (Å²) in [6.45, 7) is 3.54. The quantitative estimate of drug-likeness (QED) is 0.296. The summed E-state index contributed by atoms with van der Waals surface area (Å²) in [5.41, 5.74) is 1.67. The molecule has 3 aromatic rings. The third-order valence-electron chi connectivity index (χ3n) is 5.78. The number of piperidine rings is 1. The van der Waals surface area contributed by atoms with Crippen molar-refractivity contribution in [2.45, 2.75) is 36.9 Å². The van der Waals surface area contributed by atoms with Crippen LogP contribution in [-0.2, 0) is 16.0 Å². The average Bonchev–Trinajstić information content (AvgIpc) is 3.20. The highest BCUT2D eigenvalue weighted by Crippen LogP contribution is 2.22. The minimum absolute atomic E-state index is 0.132. The molecule has 2 aromatic heterocycles. The SMILES string of the molecule is Cc1ccnc(SCC(=O)NC2(C(=O)NCCc3c[nH]c4ccc(F)cc34)CCNCC2)n1. The molecule has 1 aliphatic rings. The Morgan fingerprint density at radius 3 is 2.85 bits per heavy atom. The lowest BCUT2D eigenvalue weighted by Crippen LogP contribution is -2.63. The number of carbonyl (C=O) groups excluding carboxylic acids is 2. The van der Waals surface area contributed by atoms with Gasteiger partial charge in [0.2, 0.25) is 11.8 Å². The van der Waals surface area contributed by atoms with E-state index in [0.717, 1.165) is 22.2 Å². The Morgan fingerprint density at radius 2 is 2.06 bits per heavy atom. The first-order valence-corrected chi connectivity index (χ1v) is 11.9. The summed E-state index contributed by atoms with van der Waals surface area (Å²) in [6.07, 6.45) is 5.07. The van der Waals surface area contributed by atoms with Crippen LogP contribution in [0.4, 0.5) is 4.39 Å².